The van der Waals surface area contributed by atoms with Crippen molar-refractivity contribution in [2.24, 2.45) is 22.2 Å². The van der Waals surface area contributed by atoms with Gasteiger partial charge in [0.05, 0.1) is 6.34 Å². The molecule has 2 unspecified atom stereocenters. The van der Waals surface area contributed by atoms with Crippen molar-refractivity contribution in [3.05, 3.63) is 0 Å². The number of amides is 1. The van der Waals surface area contributed by atoms with E-state index in [9.17, 15) is 4.79 Å². The van der Waals surface area contributed by atoms with Crippen LogP contribution in [-0.2, 0) is 4.79 Å². The van der Waals surface area contributed by atoms with Crippen LogP contribution >= 0.6 is 0 Å². The highest BCUT2D eigenvalue weighted by Crippen LogP contribution is 2.31. The average molecular weight is 282 g/mol. The summed E-state index contributed by atoms with van der Waals surface area (Å²) in [5.74, 6) is 0.807. The van der Waals surface area contributed by atoms with Crippen LogP contribution in [0.3, 0.4) is 0 Å². The minimum Gasteiger partial charge on any atom is -0.301 e. The Kier molecular flexibility index (Phi) is 8.07. The van der Waals surface area contributed by atoms with Gasteiger partial charge in [-0.15, -0.1) is 0 Å². The minimum atomic E-state index is 0.0538. The predicted molar refractivity (Wildman–Crippen MR) is 88.0 cm³/mol. The van der Waals surface area contributed by atoms with Crippen molar-refractivity contribution < 1.29 is 4.79 Å². The van der Waals surface area contributed by atoms with E-state index in [1.54, 1.807) is 18.3 Å². The second kappa shape index (κ2) is 8.43. The fourth-order valence-corrected chi connectivity index (χ4v) is 2.70. The van der Waals surface area contributed by atoms with Gasteiger partial charge in [0.25, 0.3) is 0 Å². The van der Waals surface area contributed by atoms with Crippen LogP contribution in [0.2, 0.25) is 0 Å². The van der Waals surface area contributed by atoms with Gasteiger partial charge in [0.1, 0.15) is 0 Å². The molecule has 0 aliphatic heterocycles. The Hall–Kier alpha value is -0.860. The van der Waals surface area contributed by atoms with Crippen molar-refractivity contribution in [3.63, 3.8) is 0 Å². The van der Waals surface area contributed by atoms with Gasteiger partial charge in [-0.1, -0.05) is 41.0 Å². The van der Waals surface area contributed by atoms with Crippen LogP contribution in [0, 0.1) is 17.3 Å². The topological polar surface area (TPSA) is 32.7 Å². The maximum atomic E-state index is 12.5. The van der Waals surface area contributed by atoms with Gasteiger partial charge in [-0.05, 0) is 38.0 Å². The Morgan fingerprint density at radius 1 is 1.25 bits per heavy atom. The molecule has 0 heterocycles. The van der Waals surface area contributed by atoms with Gasteiger partial charge in [-0.2, -0.15) is 0 Å². The van der Waals surface area contributed by atoms with E-state index in [4.69, 9.17) is 0 Å². The molecule has 20 heavy (non-hydrogen) atoms. The van der Waals surface area contributed by atoms with E-state index in [-0.39, 0.29) is 17.9 Å². The lowest BCUT2D eigenvalue weighted by atomic mass is 9.78. The van der Waals surface area contributed by atoms with Gasteiger partial charge < -0.3 is 4.90 Å². The summed E-state index contributed by atoms with van der Waals surface area (Å²) in [4.78, 5) is 18.2. The molecule has 0 bridgehead atoms. The number of hydrogen-bond donors (Lipinski definition) is 0. The molecule has 0 spiro atoms. The van der Waals surface area contributed by atoms with Crippen LogP contribution in [-0.4, -0.2) is 30.2 Å². The molecule has 0 aromatic heterocycles. The zero-order chi connectivity index (χ0) is 15.9. The van der Waals surface area contributed by atoms with E-state index in [2.05, 4.69) is 32.7 Å². The first-order valence-electron chi connectivity index (χ1n) is 7.89. The standard InChI is InChI=1S/C17H34N2O/c1-9-17(6,7)11-14(4)10-15(5)16(20)19(12-18-8)13(2)3/h12-15H,9-11H2,1-8H3. The predicted octanol–water partition coefficient (Wildman–Crippen LogP) is 4.37. The summed E-state index contributed by atoms with van der Waals surface area (Å²) in [7, 11) is 1.71. The van der Waals surface area contributed by atoms with Crippen molar-refractivity contribution >= 4 is 12.2 Å². The van der Waals surface area contributed by atoms with Gasteiger partial charge in [0.2, 0.25) is 5.91 Å². The Morgan fingerprint density at radius 3 is 2.20 bits per heavy atom. The third-order valence-corrected chi connectivity index (χ3v) is 4.09. The molecule has 0 aromatic rings. The molecule has 2 atom stereocenters. The maximum Gasteiger partial charge on any atom is 0.230 e. The number of aliphatic imine (C=N–C) groups is 1. The maximum absolute atomic E-state index is 12.5. The highest BCUT2D eigenvalue weighted by molar-refractivity contribution is 5.89. The number of carbonyl (C=O) groups excluding carboxylic acids is 1. The first kappa shape index (κ1) is 19.1. The highest BCUT2D eigenvalue weighted by Gasteiger charge is 2.25. The van der Waals surface area contributed by atoms with Gasteiger partial charge in [0.15, 0.2) is 0 Å². The molecule has 1 amide bonds. The van der Waals surface area contributed by atoms with Gasteiger partial charge in [-0.3, -0.25) is 9.79 Å². The zero-order valence-electron chi connectivity index (χ0n) is 14.7. The Morgan fingerprint density at radius 2 is 1.80 bits per heavy atom. The number of nitrogens with zero attached hydrogens (tertiary/aromatic N) is 2. The molecule has 0 aromatic carbocycles. The second-order valence-corrected chi connectivity index (χ2v) is 7.18. The quantitative estimate of drug-likeness (QED) is 0.480. The molecule has 0 rings (SSSR count). The molecular formula is C17H34N2O. The summed E-state index contributed by atoms with van der Waals surface area (Å²) >= 11 is 0. The fourth-order valence-electron chi connectivity index (χ4n) is 2.70. The monoisotopic (exact) mass is 282 g/mol. The van der Waals surface area contributed by atoms with Crippen molar-refractivity contribution in [1.82, 2.24) is 4.90 Å². The average Bonchev–Trinajstić information content (AvgIpc) is 2.33. The largest absolute Gasteiger partial charge is 0.301 e. The van der Waals surface area contributed by atoms with Gasteiger partial charge in [0, 0.05) is 19.0 Å². The molecule has 0 saturated heterocycles. The van der Waals surface area contributed by atoms with Crippen LogP contribution in [0.1, 0.15) is 67.7 Å². The third kappa shape index (κ3) is 6.53. The number of rotatable bonds is 8. The summed E-state index contributed by atoms with van der Waals surface area (Å²) in [5.41, 5.74) is 0.366. The van der Waals surface area contributed by atoms with Crippen LogP contribution in [0.25, 0.3) is 0 Å². The molecular weight excluding hydrogens is 248 g/mol. The molecule has 3 heteroatoms. The van der Waals surface area contributed by atoms with Crippen molar-refractivity contribution in [2.45, 2.75) is 73.8 Å². The van der Waals surface area contributed by atoms with E-state index >= 15 is 0 Å². The smallest absolute Gasteiger partial charge is 0.230 e. The number of hydrogen-bond acceptors (Lipinski definition) is 2. The lowest BCUT2D eigenvalue weighted by Crippen LogP contribution is -2.39. The van der Waals surface area contributed by atoms with E-state index in [1.807, 2.05) is 20.8 Å². The normalized spacial score (nSPS) is 15.7. The molecule has 0 fully saturated rings. The van der Waals surface area contributed by atoms with Crippen molar-refractivity contribution in [3.8, 4) is 0 Å². The summed E-state index contributed by atoms with van der Waals surface area (Å²) < 4.78 is 0. The van der Waals surface area contributed by atoms with Gasteiger partial charge >= 0.3 is 0 Å². The third-order valence-electron chi connectivity index (χ3n) is 4.09. The molecule has 0 N–H and O–H groups in total. The summed E-state index contributed by atoms with van der Waals surface area (Å²) in [6.07, 6.45) is 4.96. The first-order chi connectivity index (χ1) is 9.14. The summed E-state index contributed by atoms with van der Waals surface area (Å²) in [6, 6.07) is 0.163. The van der Waals surface area contributed by atoms with E-state index in [0.29, 0.717) is 11.3 Å². The van der Waals surface area contributed by atoms with Gasteiger partial charge in [-0.25, -0.2) is 0 Å². The fraction of sp³-hybridized carbons (Fsp3) is 0.882. The highest BCUT2D eigenvalue weighted by atomic mass is 16.2. The molecule has 0 saturated carbocycles. The number of carbonyl (C=O) groups is 1. The zero-order valence-corrected chi connectivity index (χ0v) is 14.7. The molecule has 118 valence electrons. The van der Waals surface area contributed by atoms with Crippen molar-refractivity contribution in [2.75, 3.05) is 7.05 Å². The molecule has 0 radical (unpaired) electrons. The summed E-state index contributed by atoms with van der Waals surface area (Å²) in [5, 5.41) is 0. The second-order valence-electron chi connectivity index (χ2n) is 7.18. The lowest BCUT2D eigenvalue weighted by molar-refractivity contribution is -0.132. The van der Waals surface area contributed by atoms with E-state index in [0.717, 1.165) is 6.42 Å². The van der Waals surface area contributed by atoms with E-state index < -0.39 is 0 Å². The van der Waals surface area contributed by atoms with Crippen LogP contribution in [0.15, 0.2) is 4.99 Å². The summed E-state index contributed by atoms with van der Waals surface area (Å²) in [6.45, 7) is 15.2. The SMILES string of the molecule is CCC(C)(C)CC(C)CC(C)C(=O)N(C=NC)C(C)C. The Bertz CT molecular complexity index is 321. The Labute approximate surface area is 125 Å². The lowest BCUT2D eigenvalue weighted by Gasteiger charge is -2.30. The van der Waals surface area contributed by atoms with Crippen molar-refractivity contribution in [1.29, 1.82) is 0 Å². The minimum absolute atomic E-state index is 0.0538. The van der Waals surface area contributed by atoms with E-state index in [1.165, 1.54) is 12.8 Å². The van der Waals surface area contributed by atoms with Crippen LogP contribution in [0.5, 0.6) is 0 Å². The molecule has 3 nitrogen and oxygen atoms in total. The van der Waals surface area contributed by atoms with Crippen LogP contribution < -0.4 is 0 Å². The van der Waals surface area contributed by atoms with Crippen LogP contribution in [0.4, 0.5) is 0 Å². The first-order valence-corrected chi connectivity index (χ1v) is 7.89. The Balaban J connectivity index is 4.59. The molecule has 0 aliphatic carbocycles. The molecule has 0 aliphatic rings.